The van der Waals surface area contributed by atoms with E-state index in [2.05, 4.69) is 25.0 Å². The van der Waals surface area contributed by atoms with E-state index < -0.39 is 11.9 Å². The normalized spacial score (nSPS) is 10.2. The van der Waals surface area contributed by atoms with Crippen molar-refractivity contribution in [1.29, 1.82) is 0 Å². The lowest BCUT2D eigenvalue weighted by atomic mass is 10.1. The number of nitrogens with zero attached hydrogens (tertiary/aromatic N) is 4. The SMILES string of the molecule is COC(=O)c1cc(C(=O)OC)cc(-n2nnnc2CN)c1. The maximum Gasteiger partial charge on any atom is 0.337 e. The van der Waals surface area contributed by atoms with Gasteiger partial charge in [-0.2, -0.15) is 4.68 Å². The predicted octanol–water partition coefficient (Wildman–Crippen LogP) is -0.306. The van der Waals surface area contributed by atoms with Crippen LogP contribution in [0.5, 0.6) is 0 Å². The van der Waals surface area contributed by atoms with Gasteiger partial charge in [0.1, 0.15) is 0 Å². The molecule has 1 aromatic heterocycles. The van der Waals surface area contributed by atoms with Crippen LogP contribution in [0.25, 0.3) is 5.69 Å². The number of ether oxygens (including phenoxy) is 2. The van der Waals surface area contributed by atoms with Gasteiger partial charge < -0.3 is 15.2 Å². The van der Waals surface area contributed by atoms with Gasteiger partial charge in [-0.3, -0.25) is 0 Å². The monoisotopic (exact) mass is 291 g/mol. The molecule has 0 aliphatic heterocycles. The van der Waals surface area contributed by atoms with Gasteiger partial charge >= 0.3 is 11.9 Å². The van der Waals surface area contributed by atoms with Gasteiger partial charge in [-0.1, -0.05) is 0 Å². The summed E-state index contributed by atoms with van der Waals surface area (Å²) in [6.07, 6.45) is 0. The molecule has 2 aromatic rings. The number of aromatic nitrogens is 4. The number of carbonyl (C=O) groups is 2. The lowest BCUT2D eigenvalue weighted by Gasteiger charge is -2.08. The third kappa shape index (κ3) is 2.87. The molecular formula is C12H13N5O4. The molecule has 0 bridgehead atoms. The number of hydrogen-bond acceptors (Lipinski definition) is 8. The number of hydrogen-bond donors (Lipinski definition) is 1. The Hall–Kier alpha value is -2.81. The first-order valence-corrected chi connectivity index (χ1v) is 5.90. The van der Waals surface area contributed by atoms with Gasteiger partial charge in [0.25, 0.3) is 0 Å². The minimum atomic E-state index is -0.593. The van der Waals surface area contributed by atoms with E-state index in [1.54, 1.807) is 0 Å². The van der Waals surface area contributed by atoms with Crippen molar-refractivity contribution in [1.82, 2.24) is 20.2 Å². The minimum Gasteiger partial charge on any atom is -0.465 e. The lowest BCUT2D eigenvalue weighted by Crippen LogP contribution is -2.12. The molecule has 1 aromatic carbocycles. The van der Waals surface area contributed by atoms with Crippen LogP contribution in [0.3, 0.4) is 0 Å². The zero-order chi connectivity index (χ0) is 15.4. The van der Waals surface area contributed by atoms with E-state index in [1.165, 1.54) is 37.1 Å². The van der Waals surface area contributed by atoms with Crippen molar-refractivity contribution in [2.24, 2.45) is 5.73 Å². The molecule has 0 unspecified atom stereocenters. The Bertz CT molecular complexity index is 648. The minimum absolute atomic E-state index is 0.100. The Kier molecular flexibility index (Phi) is 4.24. The summed E-state index contributed by atoms with van der Waals surface area (Å²) in [4.78, 5) is 23.4. The summed E-state index contributed by atoms with van der Waals surface area (Å²) in [5.74, 6) is -0.804. The Labute approximate surface area is 119 Å². The van der Waals surface area contributed by atoms with Crippen LogP contribution in [0.1, 0.15) is 26.5 Å². The van der Waals surface area contributed by atoms with Crippen LogP contribution in [0, 0.1) is 0 Å². The molecule has 2 N–H and O–H groups in total. The van der Waals surface area contributed by atoms with Crippen molar-refractivity contribution < 1.29 is 19.1 Å². The molecule has 9 nitrogen and oxygen atoms in total. The summed E-state index contributed by atoms with van der Waals surface area (Å²) in [6, 6.07) is 4.36. The third-order valence-electron chi connectivity index (χ3n) is 2.72. The quantitative estimate of drug-likeness (QED) is 0.761. The summed E-state index contributed by atoms with van der Waals surface area (Å²) >= 11 is 0. The van der Waals surface area contributed by atoms with Gasteiger partial charge in [0.15, 0.2) is 5.82 Å². The second-order valence-electron chi connectivity index (χ2n) is 3.96. The molecular weight excluding hydrogens is 278 g/mol. The predicted molar refractivity (Wildman–Crippen MR) is 69.7 cm³/mol. The van der Waals surface area contributed by atoms with Crippen LogP contribution in [0.2, 0.25) is 0 Å². The average molecular weight is 291 g/mol. The van der Waals surface area contributed by atoms with Crippen molar-refractivity contribution in [3.8, 4) is 5.69 Å². The van der Waals surface area contributed by atoms with Crippen LogP contribution in [0.15, 0.2) is 18.2 Å². The maximum atomic E-state index is 11.7. The molecule has 2 rings (SSSR count). The molecule has 0 fully saturated rings. The highest BCUT2D eigenvalue weighted by Gasteiger charge is 2.16. The largest absolute Gasteiger partial charge is 0.465 e. The topological polar surface area (TPSA) is 122 Å². The zero-order valence-electron chi connectivity index (χ0n) is 11.4. The van der Waals surface area contributed by atoms with E-state index in [0.29, 0.717) is 11.5 Å². The summed E-state index contributed by atoms with van der Waals surface area (Å²) in [7, 11) is 2.49. The Morgan fingerprint density at radius 2 is 1.71 bits per heavy atom. The molecule has 0 radical (unpaired) electrons. The van der Waals surface area contributed by atoms with Crippen LogP contribution in [-0.4, -0.2) is 46.4 Å². The summed E-state index contributed by atoms with van der Waals surface area (Å²) in [5, 5.41) is 11.0. The lowest BCUT2D eigenvalue weighted by molar-refractivity contribution is 0.0599. The van der Waals surface area contributed by atoms with Crippen LogP contribution >= 0.6 is 0 Å². The number of nitrogens with two attached hydrogens (primary N) is 1. The molecule has 0 amide bonds. The number of tetrazole rings is 1. The third-order valence-corrected chi connectivity index (χ3v) is 2.72. The first kappa shape index (κ1) is 14.6. The second-order valence-corrected chi connectivity index (χ2v) is 3.96. The fraction of sp³-hybridized carbons (Fsp3) is 0.250. The van der Waals surface area contributed by atoms with Crippen molar-refractivity contribution in [3.05, 3.63) is 35.2 Å². The van der Waals surface area contributed by atoms with Gasteiger partial charge in [-0.25, -0.2) is 9.59 Å². The van der Waals surface area contributed by atoms with Crippen molar-refractivity contribution in [2.45, 2.75) is 6.54 Å². The van der Waals surface area contributed by atoms with E-state index in [0.717, 1.165) is 0 Å². The summed E-state index contributed by atoms with van der Waals surface area (Å²) in [5.41, 5.74) is 6.29. The molecule has 0 spiro atoms. The zero-order valence-corrected chi connectivity index (χ0v) is 11.4. The first-order valence-electron chi connectivity index (χ1n) is 5.90. The van der Waals surface area contributed by atoms with Gasteiger partial charge in [-0.15, -0.1) is 5.10 Å². The van der Waals surface area contributed by atoms with Crippen LogP contribution in [0.4, 0.5) is 0 Å². The molecule has 21 heavy (non-hydrogen) atoms. The number of methoxy groups -OCH3 is 2. The molecule has 110 valence electrons. The molecule has 9 heteroatoms. The summed E-state index contributed by atoms with van der Waals surface area (Å²) in [6.45, 7) is 0.100. The van der Waals surface area contributed by atoms with E-state index in [4.69, 9.17) is 5.73 Å². The highest BCUT2D eigenvalue weighted by Crippen LogP contribution is 2.16. The van der Waals surface area contributed by atoms with Gasteiger partial charge in [0.05, 0.1) is 37.6 Å². The Morgan fingerprint density at radius 3 is 2.19 bits per heavy atom. The van der Waals surface area contributed by atoms with Crippen LogP contribution < -0.4 is 5.73 Å². The number of carbonyl (C=O) groups excluding carboxylic acids is 2. The fourth-order valence-corrected chi connectivity index (χ4v) is 1.74. The summed E-state index contributed by atoms with van der Waals surface area (Å²) < 4.78 is 10.6. The number of benzene rings is 1. The van der Waals surface area contributed by atoms with Gasteiger partial charge in [0.2, 0.25) is 0 Å². The molecule has 0 saturated carbocycles. The Morgan fingerprint density at radius 1 is 1.14 bits per heavy atom. The van der Waals surface area contributed by atoms with E-state index in [-0.39, 0.29) is 17.7 Å². The average Bonchev–Trinajstić information content (AvgIpc) is 3.01. The molecule has 0 saturated heterocycles. The standard InChI is InChI=1S/C12H13N5O4/c1-20-11(18)7-3-8(12(19)21-2)5-9(4-7)17-10(6-13)14-15-16-17/h3-5H,6,13H2,1-2H3. The smallest absolute Gasteiger partial charge is 0.337 e. The fourth-order valence-electron chi connectivity index (χ4n) is 1.74. The van der Waals surface area contributed by atoms with E-state index in [1.807, 2.05) is 0 Å². The van der Waals surface area contributed by atoms with Gasteiger partial charge in [-0.05, 0) is 28.6 Å². The van der Waals surface area contributed by atoms with E-state index >= 15 is 0 Å². The number of rotatable bonds is 4. The first-order chi connectivity index (χ1) is 10.1. The highest BCUT2D eigenvalue weighted by atomic mass is 16.5. The van der Waals surface area contributed by atoms with Crippen molar-refractivity contribution in [2.75, 3.05) is 14.2 Å². The number of esters is 2. The Balaban J connectivity index is 2.60. The van der Waals surface area contributed by atoms with E-state index in [9.17, 15) is 9.59 Å². The molecule has 1 heterocycles. The molecule has 0 atom stereocenters. The maximum absolute atomic E-state index is 11.7. The highest BCUT2D eigenvalue weighted by molar-refractivity contribution is 5.96. The molecule has 0 aliphatic rings. The molecule has 0 aliphatic carbocycles. The van der Waals surface area contributed by atoms with Gasteiger partial charge in [0, 0.05) is 0 Å². The van der Waals surface area contributed by atoms with Crippen molar-refractivity contribution in [3.63, 3.8) is 0 Å². The van der Waals surface area contributed by atoms with Crippen LogP contribution in [-0.2, 0) is 16.0 Å². The second kappa shape index (κ2) is 6.09. The van der Waals surface area contributed by atoms with Crippen molar-refractivity contribution >= 4 is 11.9 Å².